The summed E-state index contributed by atoms with van der Waals surface area (Å²) < 4.78 is 5.13. The summed E-state index contributed by atoms with van der Waals surface area (Å²) in [7, 11) is 1.60. The smallest absolute Gasteiger partial charge is 0.241 e. The fourth-order valence-electron chi connectivity index (χ4n) is 1.35. The number of ether oxygens (including phenoxy) is 1. The summed E-state index contributed by atoms with van der Waals surface area (Å²) in [6.45, 7) is 4.19. The van der Waals surface area contributed by atoms with Crippen LogP contribution in [0.2, 0.25) is 0 Å². The monoisotopic (exact) mass is 191 g/mol. The van der Waals surface area contributed by atoms with E-state index in [-0.39, 0.29) is 0 Å². The summed E-state index contributed by atoms with van der Waals surface area (Å²) in [6, 6.07) is 1.90. The fraction of sp³-hybridized carbons (Fsp3) is 0.400. The van der Waals surface area contributed by atoms with Gasteiger partial charge in [0.15, 0.2) is 5.52 Å². The molecule has 4 heteroatoms. The van der Waals surface area contributed by atoms with Gasteiger partial charge < -0.3 is 9.72 Å². The third kappa shape index (κ3) is 1.32. The van der Waals surface area contributed by atoms with Crippen LogP contribution in [0.15, 0.2) is 12.3 Å². The molecule has 2 heterocycles. The quantitative estimate of drug-likeness (QED) is 0.790. The van der Waals surface area contributed by atoms with Gasteiger partial charge in [0.25, 0.3) is 0 Å². The largest absolute Gasteiger partial charge is 0.479 e. The maximum atomic E-state index is 5.13. The van der Waals surface area contributed by atoms with Gasteiger partial charge in [-0.2, -0.15) is 0 Å². The van der Waals surface area contributed by atoms with Gasteiger partial charge in [-0.3, -0.25) is 0 Å². The van der Waals surface area contributed by atoms with Crippen LogP contribution in [0.4, 0.5) is 0 Å². The van der Waals surface area contributed by atoms with Crippen LogP contribution in [0.1, 0.15) is 25.6 Å². The minimum atomic E-state index is 0.382. The van der Waals surface area contributed by atoms with Gasteiger partial charge in [0.2, 0.25) is 5.88 Å². The molecule has 0 saturated carbocycles. The van der Waals surface area contributed by atoms with E-state index in [1.54, 1.807) is 13.3 Å². The topological polar surface area (TPSA) is 50.8 Å². The molecule has 1 N–H and O–H groups in total. The first-order valence-electron chi connectivity index (χ1n) is 4.61. The van der Waals surface area contributed by atoms with E-state index in [9.17, 15) is 0 Å². The highest BCUT2D eigenvalue weighted by Crippen LogP contribution is 2.22. The second kappa shape index (κ2) is 3.29. The van der Waals surface area contributed by atoms with Crippen molar-refractivity contribution in [1.29, 1.82) is 0 Å². The zero-order chi connectivity index (χ0) is 10.1. The number of fused-ring (bicyclic) bond motifs is 1. The molecule has 0 spiro atoms. The molecule has 0 aromatic carbocycles. The molecule has 74 valence electrons. The Bertz CT molecular complexity index is 448. The Labute approximate surface area is 82.3 Å². The van der Waals surface area contributed by atoms with Crippen LogP contribution >= 0.6 is 0 Å². The van der Waals surface area contributed by atoms with E-state index in [2.05, 4.69) is 28.8 Å². The number of nitrogens with zero attached hydrogens (tertiary/aromatic N) is 2. The van der Waals surface area contributed by atoms with Gasteiger partial charge in [-0.25, -0.2) is 9.97 Å². The summed E-state index contributed by atoms with van der Waals surface area (Å²) in [4.78, 5) is 11.8. The lowest BCUT2D eigenvalue weighted by Gasteiger charge is -1.96. The number of H-pyrrole nitrogens is 1. The maximum absolute atomic E-state index is 5.13. The number of hydrogen-bond donors (Lipinski definition) is 1. The molecular formula is C10H13N3O. The van der Waals surface area contributed by atoms with Crippen molar-refractivity contribution < 1.29 is 4.74 Å². The van der Waals surface area contributed by atoms with Crippen LogP contribution < -0.4 is 4.74 Å². The molecule has 0 atom stereocenters. The predicted molar refractivity (Wildman–Crippen MR) is 54.5 cm³/mol. The van der Waals surface area contributed by atoms with Crippen molar-refractivity contribution >= 4 is 11.0 Å². The van der Waals surface area contributed by atoms with E-state index < -0.39 is 0 Å². The second-order valence-electron chi connectivity index (χ2n) is 3.49. The van der Waals surface area contributed by atoms with Crippen LogP contribution in [0, 0.1) is 0 Å². The zero-order valence-corrected chi connectivity index (χ0v) is 8.53. The molecular weight excluding hydrogens is 178 g/mol. The minimum Gasteiger partial charge on any atom is -0.479 e. The van der Waals surface area contributed by atoms with Gasteiger partial charge in [0.05, 0.1) is 12.6 Å². The van der Waals surface area contributed by atoms with Gasteiger partial charge in [-0.1, -0.05) is 13.8 Å². The summed E-state index contributed by atoms with van der Waals surface area (Å²) in [5, 5.41) is 0. The van der Waals surface area contributed by atoms with Crippen molar-refractivity contribution in [3.05, 3.63) is 18.1 Å². The third-order valence-electron chi connectivity index (χ3n) is 2.13. The van der Waals surface area contributed by atoms with Gasteiger partial charge in [0.1, 0.15) is 5.82 Å². The summed E-state index contributed by atoms with van der Waals surface area (Å²) >= 11 is 0. The summed E-state index contributed by atoms with van der Waals surface area (Å²) in [5.41, 5.74) is 1.78. The van der Waals surface area contributed by atoms with Crippen molar-refractivity contribution in [2.75, 3.05) is 7.11 Å². The summed E-state index contributed by atoms with van der Waals surface area (Å²) in [6.07, 6.45) is 1.71. The highest BCUT2D eigenvalue weighted by atomic mass is 16.5. The Hall–Kier alpha value is -1.58. The van der Waals surface area contributed by atoms with Crippen molar-refractivity contribution in [3.63, 3.8) is 0 Å². The number of hydrogen-bond acceptors (Lipinski definition) is 3. The van der Waals surface area contributed by atoms with Gasteiger partial charge in [0, 0.05) is 12.1 Å². The lowest BCUT2D eigenvalue weighted by molar-refractivity contribution is 0.402. The first kappa shape index (κ1) is 8.99. The number of nitrogens with one attached hydrogen (secondary N) is 1. The summed E-state index contributed by atoms with van der Waals surface area (Å²) in [5.74, 6) is 1.92. The number of aromatic nitrogens is 3. The highest BCUT2D eigenvalue weighted by Gasteiger charge is 2.10. The molecule has 2 aromatic heterocycles. The van der Waals surface area contributed by atoms with Gasteiger partial charge in [-0.15, -0.1) is 0 Å². The van der Waals surface area contributed by atoms with E-state index in [4.69, 9.17) is 4.74 Å². The molecule has 0 amide bonds. The van der Waals surface area contributed by atoms with E-state index in [1.807, 2.05) is 6.07 Å². The molecule has 0 saturated heterocycles. The van der Waals surface area contributed by atoms with Crippen LogP contribution in [0.5, 0.6) is 5.88 Å². The van der Waals surface area contributed by atoms with E-state index in [0.717, 1.165) is 16.9 Å². The molecule has 0 radical (unpaired) electrons. The Morgan fingerprint density at radius 2 is 2.21 bits per heavy atom. The molecule has 4 nitrogen and oxygen atoms in total. The lowest BCUT2D eigenvalue weighted by Crippen LogP contribution is -1.89. The van der Waals surface area contributed by atoms with Crippen molar-refractivity contribution in [2.24, 2.45) is 0 Å². The molecule has 2 aromatic rings. The van der Waals surface area contributed by atoms with Crippen LogP contribution in [-0.2, 0) is 0 Å². The number of pyridine rings is 1. The number of rotatable bonds is 2. The van der Waals surface area contributed by atoms with Gasteiger partial charge in [-0.05, 0) is 6.07 Å². The first-order valence-corrected chi connectivity index (χ1v) is 4.61. The Kier molecular flexibility index (Phi) is 2.11. The zero-order valence-electron chi connectivity index (χ0n) is 8.53. The van der Waals surface area contributed by atoms with Crippen LogP contribution in [0.3, 0.4) is 0 Å². The molecule has 0 bridgehead atoms. The normalized spacial score (nSPS) is 11.1. The molecule has 0 aliphatic rings. The average molecular weight is 191 g/mol. The number of aromatic amines is 1. The average Bonchev–Trinajstić information content (AvgIpc) is 2.60. The molecule has 0 aliphatic carbocycles. The second-order valence-corrected chi connectivity index (χ2v) is 3.49. The Balaban J connectivity index is 2.64. The van der Waals surface area contributed by atoms with Crippen molar-refractivity contribution in [2.45, 2.75) is 19.8 Å². The number of imidazole rings is 1. The van der Waals surface area contributed by atoms with E-state index in [0.29, 0.717) is 11.8 Å². The maximum Gasteiger partial charge on any atom is 0.241 e. The Morgan fingerprint density at radius 3 is 2.86 bits per heavy atom. The molecule has 0 aliphatic heterocycles. The molecule has 0 fully saturated rings. The third-order valence-corrected chi connectivity index (χ3v) is 2.13. The first-order chi connectivity index (χ1) is 6.72. The minimum absolute atomic E-state index is 0.382. The molecule has 0 unspecified atom stereocenters. The Morgan fingerprint density at radius 1 is 1.43 bits per heavy atom. The van der Waals surface area contributed by atoms with Gasteiger partial charge >= 0.3 is 0 Å². The molecule has 14 heavy (non-hydrogen) atoms. The SMILES string of the molecule is COc1nccc2[nH]c(C(C)C)nc12. The van der Waals surface area contributed by atoms with Crippen LogP contribution in [-0.4, -0.2) is 22.1 Å². The highest BCUT2D eigenvalue weighted by molar-refractivity contribution is 5.79. The predicted octanol–water partition coefficient (Wildman–Crippen LogP) is 2.09. The lowest BCUT2D eigenvalue weighted by atomic mass is 10.2. The van der Waals surface area contributed by atoms with Crippen LogP contribution in [0.25, 0.3) is 11.0 Å². The fourth-order valence-corrected chi connectivity index (χ4v) is 1.35. The van der Waals surface area contributed by atoms with Crippen molar-refractivity contribution in [1.82, 2.24) is 15.0 Å². The van der Waals surface area contributed by atoms with E-state index in [1.165, 1.54) is 0 Å². The molecule has 2 rings (SSSR count). The van der Waals surface area contributed by atoms with Crippen molar-refractivity contribution in [3.8, 4) is 5.88 Å². The van der Waals surface area contributed by atoms with E-state index >= 15 is 0 Å². The number of methoxy groups -OCH3 is 1. The standard InChI is InChI=1S/C10H13N3O/c1-6(2)9-12-7-4-5-11-10(14-3)8(7)13-9/h4-6H,1-3H3,(H,12,13).